The fraction of sp³-hybridized carbons (Fsp3) is 0.231. The van der Waals surface area contributed by atoms with Crippen molar-refractivity contribution in [3.8, 4) is 0 Å². The minimum absolute atomic E-state index is 0.0883. The lowest BCUT2D eigenvalue weighted by Gasteiger charge is -2.08. The fourth-order valence-electron chi connectivity index (χ4n) is 1.77. The highest BCUT2D eigenvalue weighted by Gasteiger charge is 2.19. The molecule has 0 atom stereocenters. The number of hydrogen-bond donors (Lipinski definition) is 2. The van der Waals surface area contributed by atoms with Crippen LogP contribution in [0.5, 0.6) is 0 Å². The smallest absolute Gasteiger partial charge is 0.242 e. The molecule has 0 aliphatic rings. The van der Waals surface area contributed by atoms with E-state index in [4.69, 9.17) is 0 Å². The molecule has 0 spiro atoms. The highest BCUT2D eigenvalue weighted by atomic mass is 32.2. The first-order valence-electron chi connectivity index (χ1n) is 6.08. The summed E-state index contributed by atoms with van der Waals surface area (Å²) in [6.45, 7) is 0.197. The topological polar surface area (TPSA) is 58.2 Å². The lowest BCUT2D eigenvalue weighted by atomic mass is 10.2. The number of nitrogens with one attached hydrogen (secondary N) is 2. The van der Waals surface area contributed by atoms with Gasteiger partial charge in [0.15, 0.2) is 0 Å². The second-order valence-electron chi connectivity index (χ2n) is 4.30. The van der Waals surface area contributed by atoms with Crippen molar-refractivity contribution in [1.82, 2.24) is 10.0 Å². The number of rotatable bonds is 6. The van der Waals surface area contributed by atoms with Crippen LogP contribution in [-0.2, 0) is 23.1 Å². The molecule has 0 bridgehead atoms. The van der Waals surface area contributed by atoms with E-state index in [0.717, 1.165) is 12.1 Å². The molecule has 0 unspecified atom stereocenters. The minimum Gasteiger partial charge on any atom is -0.315 e. The van der Waals surface area contributed by atoms with Gasteiger partial charge in [-0.3, -0.25) is 0 Å². The van der Waals surface area contributed by atoms with Crippen molar-refractivity contribution < 1.29 is 17.2 Å². The summed E-state index contributed by atoms with van der Waals surface area (Å²) in [4.78, 5) is 0.842. The van der Waals surface area contributed by atoms with E-state index < -0.39 is 21.7 Å². The molecule has 2 aromatic rings. The van der Waals surface area contributed by atoms with Crippen LogP contribution in [0.3, 0.4) is 0 Å². The number of sulfonamides is 1. The molecular weight excluding hydrogens is 318 g/mol. The van der Waals surface area contributed by atoms with E-state index in [1.54, 1.807) is 12.4 Å². The number of benzene rings is 1. The third-order valence-electron chi connectivity index (χ3n) is 2.80. The van der Waals surface area contributed by atoms with Gasteiger partial charge in [-0.05, 0) is 24.6 Å². The van der Waals surface area contributed by atoms with E-state index in [0.29, 0.717) is 11.4 Å². The Morgan fingerprint density at radius 3 is 2.62 bits per heavy atom. The van der Waals surface area contributed by atoms with Crippen LogP contribution in [0.4, 0.5) is 8.78 Å². The van der Waals surface area contributed by atoms with Crippen LogP contribution in [0.15, 0.2) is 34.5 Å². The van der Waals surface area contributed by atoms with Gasteiger partial charge >= 0.3 is 0 Å². The Morgan fingerprint density at radius 1 is 1.19 bits per heavy atom. The average Bonchev–Trinajstić information content (AvgIpc) is 2.87. The molecule has 8 heteroatoms. The summed E-state index contributed by atoms with van der Waals surface area (Å²) in [6, 6.07) is 4.53. The van der Waals surface area contributed by atoms with Crippen LogP contribution in [-0.4, -0.2) is 15.5 Å². The van der Waals surface area contributed by atoms with Gasteiger partial charge < -0.3 is 5.32 Å². The maximum Gasteiger partial charge on any atom is 0.242 e. The standard InChI is InChI=1S/C13H14F2N2O2S2/c1-16-8-12-13(4-5-20-12)21(18,19)17-7-9-2-3-10(14)6-11(9)15/h2-6,16-17H,7-8H2,1H3. The van der Waals surface area contributed by atoms with E-state index in [1.165, 1.54) is 23.5 Å². The molecule has 0 fully saturated rings. The monoisotopic (exact) mass is 332 g/mol. The highest BCUT2D eigenvalue weighted by molar-refractivity contribution is 7.89. The fourth-order valence-corrected chi connectivity index (χ4v) is 4.23. The van der Waals surface area contributed by atoms with Crippen LogP contribution < -0.4 is 10.0 Å². The van der Waals surface area contributed by atoms with Gasteiger partial charge in [0.1, 0.15) is 11.6 Å². The maximum atomic E-state index is 13.5. The van der Waals surface area contributed by atoms with Crippen molar-refractivity contribution in [2.75, 3.05) is 7.05 Å². The predicted molar refractivity (Wildman–Crippen MR) is 77.5 cm³/mol. The summed E-state index contributed by atoms with van der Waals surface area (Å²) in [5, 5.41) is 4.57. The summed E-state index contributed by atoms with van der Waals surface area (Å²) in [5.74, 6) is -1.48. The zero-order chi connectivity index (χ0) is 15.5. The van der Waals surface area contributed by atoms with Gasteiger partial charge in [-0.15, -0.1) is 11.3 Å². The Kier molecular flexibility index (Phi) is 5.04. The predicted octanol–water partition coefficient (Wildman–Crippen LogP) is 2.22. The van der Waals surface area contributed by atoms with Gasteiger partial charge in [-0.1, -0.05) is 6.07 Å². The molecule has 4 nitrogen and oxygen atoms in total. The summed E-state index contributed by atoms with van der Waals surface area (Å²) < 4.78 is 53.0. The van der Waals surface area contributed by atoms with Gasteiger partial charge in [0.05, 0.1) is 4.90 Å². The maximum absolute atomic E-state index is 13.5. The van der Waals surface area contributed by atoms with Crippen molar-refractivity contribution in [2.24, 2.45) is 0 Å². The van der Waals surface area contributed by atoms with Gasteiger partial charge in [0.25, 0.3) is 0 Å². The molecule has 1 aromatic carbocycles. The SMILES string of the molecule is CNCc1sccc1S(=O)(=O)NCc1ccc(F)cc1F. The molecule has 0 saturated carbocycles. The van der Waals surface area contributed by atoms with Gasteiger partial charge in [0.2, 0.25) is 10.0 Å². The minimum atomic E-state index is -3.73. The molecule has 0 aliphatic heterocycles. The third kappa shape index (κ3) is 3.85. The normalized spacial score (nSPS) is 11.8. The largest absolute Gasteiger partial charge is 0.315 e. The lowest BCUT2D eigenvalue weighted by Crippen LogP contribution is -2.24. The van der Waals surface area contributed by atoms with E-state index in [-0.39, 0.29) is 17.0 Å². The molecule has 1 aromatic heterocycles. The molecule has 114 valence electrons. The first-order valence-corrected chi connectivity index (χ1v) is 8.45. The summed E-state index contributed by atoms with van der Waals surface area (Å²) >= 11 is 1.32. The van der Waals surface area contributed by atoms with Crippen LogP contribution in [0.25, 0.3) is 0 Å². The second-order valence-corrected chi connectivity index (χ2v) is 7.03. The van der Waals surface area contributed by atoms with Crippen molar-refractivity contribution in [3.05, 3.63) is 51.7 Å². The van der Waals surface area contributed by atoms with Crippen LogP contribution in [0.1, 0.15) is 10.4 Å². The van der Waals surface area contributed by atoms with Crippen molar-refractivity contribution in [1.29, 1.82) is 0 Å². The van der Waals surface area contributed by atoms with Gasteiger partial charge in [0, 0.05) is 29.6 Å². The van der Waals surface area contributed by atoms with Crippen molar-refractivity contribution in [3.63, 3.8) is 0 Å². The van der Waals surface area contributed by atoms with Crippen molar-refractivity contribution in [2.45, 2.75) is 18.0 Å². The number of hydrogen-bond acceptors (Lipinski definition) is 4. The number of halogens is 2. The van der Waals surface area contributed by atoms with Crippen LogP contribution >= 0.6 is 11.3 Å². The quantitative estimate of drug-likeness (QED) is 0.853. The zero-order valence-electron chi connectivity index (χ0n) is 11.2. The summed E-state index contributed by atoms with van der Waals surface area (Å²) in [5.41, 5.74) is 0.0883. The first-order chi connectivity index (χ1) is 9.94. The Morgan fingerprint density at radius 2 is 1.95 bits per heavy atom. The Labute approximate surface area is 125 Å². The average molecular weight is 332 g/mol. The summed E-state index contributed by atoms with van der Waals surface area (Å²) in [6.07, 6.45) is 0. The van der Waals surface area contributed by atoms with Gasteiger partial charge in [-0.2, -0.15) is 0 Å². The molecule has 21 heavy (non-hydrogen) atoms. The third-order valence-corrected chi connectivity index (χ3v) is 5.34. The van der Waals surface area contributed by atoms with E-state index in [2.05, 4.69) is 10.0 Å². The van der Waals surface area contributed by atoms with Crippen LogP contribution in [0, 0.1) is 11.6 Å². The zero-order valence-corrected chi connectivity index (χ0v) is 12.8. The molecule has 2 N–H and O–H groups in total. The molecule has 0 radical (unpaired) electrons. The summed E-state index contributed by atoms with van der Waals surface area (Å²) in [7, 11) is -2.02. The number of thiophene rings is 1. The second kappa shape index (κ2) is 6.61. The van der Waals surface area contributed by atoms with Crippen molar-refractivity contribution >= 4 is 21.4 Å². The van der Waals surface area contributed by atoms with E-state index in [9.17, 15) is 17.2 Å². The molecule has 0 aliphatic carbocycles. The highest BCUT2D eigenvalue weighted by Crippen LogP contribution is 2.22. The molecule has 0 saturated heterocycles. The van der Waals surface area contributed by atoms with E-state index in [1.807, 2.05) is 0 Å². The van der Waals surface area contributed by atoms with E-state index >= 15 is 0 Å². The molecular formula is C13H14F2N2O2S2. The Balaban J connectivity index is 2.16. The van der Waals surface area contributed by atoms with Crippen LogP contribution in [0.2, 0.25) is 0 Å². The Hall–Kier alpha value is -1.35. The Bertz CT molecular complexity index is 730. The van der Waals surface area contributed by atoms with Gasteiger partial charge in [-0.25, -0.2) is 21.9 Å². The molecule has 0 amide bonds. The lowest BCUT2D eigenvalue weighted by molar-refractivity contribution is 0.562. The first kappa shape index (κ1) is 16.0. The molecule has 1 heterocycles. The molecule has 2 rings (SSSR count).